The molecular weight excluding hydrogens is 484 g/mol. The van der Waals surface area contributed by atoms with E-state index in [2.05, 4.69) is 36.1 Å². The molecule has 6 aromatic rings. The summed E-state index contributed by atoms with van der Waals surface area (Å²) in [5.41, 5.74) is 6.50. The molecule has 6 aromatic heterocycles. The zero-order chi connectivity index (χ0) is 24.6. The zero-order valence-electron chi connectivity index (χ0n) is 20.0. The molecule has 0 atom stereocenters. The van der Waals surface area contributed by atoms with Crippen molar-refractivity contribution in [2.24, 2.45) is 0 Å². The largest absolute Gasteiger partial charge is 0.491 e. The number of thiophene rings is 1. The first kappa shape index (κ1) is 22.1. The topological polar surface area (TPSA) is 108 Å². The van der Waals surface area contributed by atoms with Crippen LogP contribution in [0.5, 0.6) is 5.75 Å². The van der Waals surface area contributed by atoms with E-state index < -0.39 is 0 Å². The summed E-state index contributed by atoms with van der Waals surface area (Å²) >= 11 is 1.64. The molecule has 0 spiro atoms. The first-order valence-electron chi connectivity index (χ1n) is 12.4. The number of H-pyrrole nitrogens is 2. The molecule has 37 heavy (non-hydrogen) atoms. The Labute approximate surface area is 216 Å². The SMILES string of the molecule is c1csc(-c2nccc3[nH]c(-c4n[nH]c5ccc(-c6cncc(OCCN7CCCC7)c6)nc45)nc23)c1. The monoisotopic (exact) mass is 508 g/mol. The van der Waals surface area contributed by atoms with Crippen LogP contribution in [-0.2, 0) is 0 Å². The molecule has 0 saturated carbocycles. The lowest BCUT2D eigenvalue weighted by molar-refractivity contribution is 0.237. The molecule has 1 fully saturated rings. The van der Waals surface area contributed by atoms with Crippen molar-refractivity contribution in [3.05, 3.63) is 60.4 Å². The average molecular weight is 509 g/mol. The summed E-state index contributed by atoms with van der Waals surface area (Å²) in [6, 6.07) is 11.9. The number of nitrogens with zero attached hydrogens (tertiary/aromatic N) is 6. The molecule has 0 radical (unpaired) electrons. The highest BCUT2D eigenvalue weighted by molar-refractivity contribution is 7.13. The van der Waals surface area contributed by atoms with Crippen LogP contribution in [0.25, 0.3) is 55.4 Å². The van der Waals surface area contributed by atoms with E-state index in [1.54, 1.807) is 29.9 Å². The van der Waals surface area contributed by atoms with Gasteiger partial charge in [-0.1, -0.05) is 6.07 Å². The number of nitrogens with one attached hydrogen (secondary N) is 2. The molecule has 0 aliphatic carbocycles. The predicted molar refractivity (Wildman–Crippen MR) is 144 cm³/mol. The van der Waals surface area contributed by atoms with Crippen molar-refractivity contribution in [3.8, 4) is 39.1 Å². The number of hydrogen-bond donors (Lipinski definition) is 2. The molecule has 0 amide bonds. The molecule has 1 aliphatic rings. The summed E-state index contributed by atoms with van der Waals surface area (Å²) < 4.78 is 6.00. The number of hydrogen-bond acceptors (Lipinski definition) is 8. The fourth-order valence-corrected chi connectivity index (χ4v) is 5.52. The normalized spacial score (nSPS) is 14.2. The van der Waals surface area contributed by atoms with Crippen LogP contribution in [-0.4, -0.2) is 66.3 Å². The second kappa shape index (κ2) is 9.38. The van der Waals surface area contributed by atoms with Crippen LogP contribution in [0.1, 0.15) is 12.8 Å². The van der Waals surface area contributed by atoms with Crippen LogP contribution in [0.3, 0.4) is 0 Å². The van der Waals surface area contributed by atoms with Gasteiger partial charge in [0.25, 0.3) is 0 Å². The summed E-state index contributed by atoms with van der Waals surface area (Å²) in [6.07, 6.45) is 7.92. The number of imidazole rings is 1. The van der Waals surface area contributed by atoms with E-state index in [0.29, 0.717) is 18.1 Å². The van der Waals surface area contributed by atoms with E-state index in [-0.39, 0.29) is 0 Å². The Kier molecular flexibility index (Phi) is 5.60. The van der Waals surface area contributed by atoms with Crippen molar-refractivity contribution >= 4 is 33.4 Å². The highest BCUT2D eigenvalue weighted by Crippen LogP contribution is 2.32. The van der Waals surface area contributed by atoms with Crippen molar-refractivity contribution in [2.45, 2.75) is 12.8 Å². The van der Waals surface area contributed by atoms with E-state index in [0.717, 1.165) is 69.3 Å². The molecule has 1 saturated heterocycles. The van der Waals surface area contributed by atoms with Crippen LogP contribution in [0.4, 0.5) is 0 Å². The Bertz CT molecular complexity index is 1680. The van der Waals surface area contributed by atoms with Gasteiger partial charge in [0.1, 0.15) is 29.1 Å². The first-order valence-corrected chi connectivity index (χ1v) is 13.2. The van der Waals surface area contributed by atoms with Crippen LogP contribution in [0.15, 0.2) is 60.4 Å². The van der Waals surface area contributed by atoms with E-state index in [1.165, 1.54) is 12.8 Å². The predicted octanol–water partition coefficient (Wildman–Crippen LogP) is 5.16. The van der Waals surface area contributed by atoms with E-state index in [9.17, 15) is 0 Å². The maximum Gasteiger partial charge on any atom is 0.161 e. The number of ether oxygens (including phenoxy) is 1. The Morgan fingerprint density at radius 2 is 1.89 bits per heavy atom. The Hall–Kier alpha value is -4.15. The lowest BCUT2D eigenvalue weighted by atomic mass is 10.1. The minimum atomic E-state index is 0.647. The summed E-state index contributed by atoms with van der Waals surface area (Å²) in [5, 5.41) is 9.67. The molecule has 0 unspecified atom stereocenters. The maximum absolute atomic E-state index is 6.00. The van der Waals surface area contributed by atoms with Gasteiger partial charge in [0.05, 0.1) is 27.8 Å². The van der Waals surface area contributed by atoms with E-state index >= 15 is 0 Å². The Morgan fingerprint density at radius 3 is 2.78 bits per heavy atom. The van der Waals surface area contributed by atoms with Gasteiger partial charge < -0.3 is 9.72 Å². The summed E-state index contributed by atoms with van der Waals surface area (Å²) in [4.78, 5) is 25.7. The Morgan fingerprint density at radius 1 is 0.973 bits per heavy atom. The molecule has 0 aromatic carbocycles. The third-order valence-electron chi connectivity index (χ3n) is 6.67. The minimum Gasteiger partial charge on any atom is -0.491 e. The minimum absolute atomic E-state index is 0.647. The number of aromatic nitrogens is 7. The van der Waals surface area contributed by atoms with Crippen molar-refractivity contribution in [3.63, 3.8) is 0 Å². The molecule has 2 N–H and O–H groups in total. The number of rotatable bonds is 7. The third kappa shape index (κ3) is 4.24. The number of likely N-dealkylation sites (tertiary alicyclic amines) is 1. The van der Waals surface area contributed by atoms with Crippen LogP contribution in [0, 0.1) is 0 Å². The first-order chi connectivity index (χ1) is 18.3. The third-order valence-corrected chi connectivity index (χ3v) is 7.55. The lowest BCUT2D eigenvalue weighted by Crippen LogP contribution is -2.25. The fourth-order valence-electron chi connectivity index (χ4n) is 4.80. The smallest absolute Gasteiger partial charge is 0.161 e. The van der Waals surface area contributed by atoms with Gasteiger partial charge in [0.15, 0.2) is 11.5 Å². The lowest BCUT2D eigenvalue weighted by Gasteiger charge is -2.15. The quantitative estimate of drug-likeness (QED) is 0.307. The highest BCUT2D eigenvalue weighted by atomic mass is 32.1. The van der Waals surface area contributed by atoms with Crippen molar-refractivity contribution in [2.75, 3.05) is 26.2 Å². The Balaban J connectivity index is 1.20. The van der Waals surface area contributed by atoms with Gasteiger partial charge in [-0.3, -0.25) is 20.0 Å². The fraction of sp³-hybridized carbons (Fsp3) is 0.222. The van der Waals surface area contributed by atoms with Crippen molar-refractivity contribution in [1.82, 2.24) is 40.0 Å². The summed E-state index contributed by atoms with van der Waals surface area (Å²) in [6.45, 7) is 3.91. The van der Waals surface area contributed by atoms with E-state index in [1.807, 2.05) is 35.7 Å². The molecule has 7 heterocycles. The van der Waals surface area contributed by atoms with Crippen molar-refractivity contribution < 1.29 is 4.74 Å². The summed E-state index contributed by atoms with van der Waals surface area (Å²) in [5.74, 6) is 1.39. The second-order valence-electron chi connectivity index (χ2n) is 9.09. The zero-order valence-corrected chi connectivity index (χ0v) is 20.8. The van der Waals surface area contributed by atoms with Crippen LogP contribution >= 0.6 is 11.3 Å². The highest BCUT2D eigenvalue weighted by Gasteiger charge is 2.18. The number of pyridine rings is 3. The maximum atomic E-state index is 6.00. The molecule has 0 bridgehead atoms. The van der Waals surface area contributed by atoms with E-state index in [4.69, 9.17) is 14.7 Å². The van der Waals surface area contributed by atoms with Crippen LogP contribution in [0.2, 0.25) is 0 Å². The second-order valence-corrected chi connectivity index (χ2v) is 10.0. The van der Waals surface area contributed by atoms with Gasteiger partial charge in [0, 0.05) is 24.5 Å². The molecule has 9 nitrogen and oxygen atoms in total. The van der Waals surface area contributed by atoms with Gasteiger partial charge in [0.2, 0.25) is 0 Å². The molecule has 7 rings (SSSR count). The van der Waals surface area contributed by atoms with Crippen molar-refractivity contribution in [1.29, 1.82) is 0 Å². The average Bonchev–Trinajstić information content (AvgIpc) is 3.74. The number of aromatic amines is 2. The van der Waals surface area contributed by atoms with Gasteiger partial charge >= 0.3 is 0 Å². The van der Waals surface area contributed by atoms with Gasteiger partial charge in [-0.2, -0.15) is 5.10 Å². The molecular formula is C27H24N8OS. The van der Waals surface area contributed by atoms with Gasteiger partial charge in [-0.25, -0.2) is 9.97 Å². The van der Waals surface area contributed by atoms with Gasteiger partial charge in [-0.15, -0.1) is 11.3 Å². The molecule has 10 heteroatoms. The van der Waals surface area contributed by atoms with Crippen LogP contribution < -0.4 is 4.74 Å². The summed E-state index contributed by atoms with van der Waals surface area (Å²) in [7, 11) is 0. The molecule has 1 aliphatic heterocycles. The molecule has 184 valence electrons. The van der Waals surface area contributed by atoms with Gasteiger partial charge in [-0.05, 0) is 61.6 Å². The standard InChI is InChI=1S/C27H24N8OS/c1-2-10-35(9-1)11-12-36-18-14-17(15-28-16-18)19-5-6-21-24(30-19)26(34-33-21)27-31-20-7-8-29-25(23(20)32-27)22-4-3-13-37-22/h3-8,13-16H,1-2,9-12H2,(H,31,32)(H,33,34). The number of fused-ring (bicyclic) bond motifs is 2.